The molecule has 0 radical (unpaired) electrons. The van der Waals surface area contributed by atoms with E-state index in [4.69, 9.17) is 9.57 Å². The van der Waals surface area contributed by atoms with Crippen LogP contribution in [0.2, 0.25) is 0 Å². The zero-order valence-corrected chi connectivity index (χ0v) is 16.3. The number of benzene rings is 2. The molecule has 2 aliphatic heterocycles. The van der Waals surface area contributed by atoms with Crippen molar-refractivity contribution < 1.29 is 14.4 Å². The lowest BCUT2D eigenvalue weighted by molar-refractivity contribution is -0.172. The normalized spacial score (nSPS) is 17.9. The van der Waals surface area contributed by atoms with E-state index in [1.54, 1.807) is 0 Å². The van der Waals surface area contributed by atoms with Crippen LogP contribution in [0.25, 0.3) is 0 Å². The maximum Gasteiger partial charge on any atom is 0.243 e. The first-order valence-electron chi connectivity index (χ1n) is 9.62. The third-order valence-corrected chi connectivity index (χ3v) is 5.12. The van der Waals surface area contributed by atoms with Gasteiger partial charge in [-0.3, -0.25) is 10.2 Å². The second-order valence-corrected chi connectivity index (χ2v) is 7.47. The second kappa shape index (κ2) is 7.64. The fourth-order valence-corrected chi connectivity index (χ4v) is 3.79. The Bertz CT molecular complexity index is 869. The molecule has 1 N–H and O–H groups in total. The van der Waals surface area contributed by atoms with E-state index in [0.717, 1.165) is 22.3 Å². The van der Waals surface area contributed by atoms with E-state index in [1.165, 1.54) is 0 Å². The summed E-state index contributed by atoms with van der Waals surface area (Å²) < 4.78 is 5.51. The molecule has 1 saturated heterocycles. The van der Waals surface area contributed by atoms with Gasteiger partial charge in [-0.05, 0) is 31.5 Å². The molecule has 28 heavy (non-hydrogen) atoms. The minimum absolute atomic E-state index is 0.0976. The summed E-state index contributed by atoms with van der Waals surface area (Å²) in [5.41, 5.74) is 6.54. The summed E-state index contributed by atoms with van der Waals surface area (Å²) in [7, 11) is 0. The predicted octanol–water partition coefficient (Wildman–Crippen LogP) is 3.08. The number of oxime groups is 1. The van der Waals surface area contributed by atoms with Gasteiger partial charge < -0.3 is 9.57 Å². The van der Waals surface area contributed by atoms with Gasteiger partial charge in [-0.2, -0.15) is 0 Å². The van der Waals surface area contributed by atoms with Crippen molar-refractivity contribution in [3.05, 3.63) is 70.8 Å². The Morgan fingerprint density at radius 3 is 2.46 bits per heavy atom. The smallest absolute Gasteiger partial charge is 0.243 e. The number of carbonyl (C=O) groups is 1. The number of aryl methyl sites for hydroxylation is 2. The Kier molecular flexibility index (Phi) is 5.05. The summed E-state index contributed by atoms with van der Waals surface area (Å²) in [4.78, 5) is 18.7. The molecular weight excluding hydrogens is 354 g/mol. The molecule has 6 heteroatoms. The highest BCUT2D eigenvalue weighted by molar-refractivity contribution is 6.01. The molecule has 146 valence electrons. The topological polar surface area (TPSA) is 63.2 Å². The van der Waals surface area contributed by atoms with E-state index in [9.17, 15) is 4.79 Å². The van der Waals surface area contributed by atoms with Crippen LogP contribution < -0.4 is 5.43 Å². The molecular formula is C22H25N3O3. The second-order valence-electron chi connectivity index (χ2n) is 7.47. The number of rotatable bonds is 4. The lowest BCUT2D eigenvalue weighted by Gasteiger charge is -2.39. The Hall–Kier alpha value is -2.86. The van der Waals surface area contributed by atoms with Crippen LogP contribution in [0.3, 0.4) is 0 Å². The monoisotopic (exact) mass is 379 g/mol. The summed E-state index contributed by atoms with van der Waals surface area (Å²) in [6, 6.07) is 15.9. The number of carbonyl (C=O) groups excluding carboxylic acids is 1. The average molecular weight is 379 g/mol. The average Bonchev–Trinajstić information content (AvgIpc) is 3.00. The Morgan fingerprint density at radius 2 is 1.79 bits per heavy atom. The first-order chi connectivity index (χ1) is 13.6. The molecule has 2 aromatic rings. The van der Waals surface area contributed by atoms with Gasteiger partial charge in [0.15, 0.2) is 5.84 Å². The number of hydrogen-bond acceptors (Lipinski definition) is 5. The molecule has 0 aliphatic carbocycles. The highest BCUT2D eigenvalue weighted by atomic mass is 16.7. The van der Waals surface area contributed by atoms with Crippen molar-refractivity contribution in [2.75, 3.05) is 13.2 Å². The van der Waals surface area contributed by atoms with Gasteiger partial charge in [0.05, 0.1) is 19.6 Å². The minimum atomic E-state index is -0.697. The Balaban J connectivity index is 1.61. The number of amidine groups is 1. The van der Waals surface area contributed by atoms with Crippen LogP contribution in [0.5, 0.6) is 0 Å². The third kappa shape index (κ3) is 3.73. The van der Waals surface area contributed by atoms with E-state index in [0.29, 0.717) is 38.3 Å². The Labute approximate surface area is 165 Å². The van der Waals surface area contributed by atoms with Crippen molar-refractivity contribution in [2.24, 2.45) is 5.16 Å². The molecule has 0 aromatic heterocycles. The predicted molar refractivity (Wildman–Crippen MR) is 106 cm³/mol. The highest BCUT2D eigenvalue weighted by Gasteiger charge is 2.48. The largest absolute Gasteiger partial charge is 0.381 e. The van der Waals surface area contributed by atoms with Gasteiger partial charge in [0.1, 0.15) is 0 Å². The van der Waals surface area contributed by atoms with Gasteiger partial charge >= 0.3 is 0 Å². The molecule has 0 saturated carbocycles. The van der Waals surface area contributed by atoms with Gasteiger partial charge in [0.25, 0.3) is 0 Å². The van der Waals surface area contributed by atoms with Crippen LogP contribution >= 0.6 is 0 Å². The van der Waals surface area contributed by atoms with Crippen LogP contribution in [-0.4, -0.2) is 35.7 Å². The van der Waals surface area contributed by atoms with Gasteiger partial charge in [-0.15, -0.1) is 0 Å². The Morgan fingerprint density at radius 1 is 1.11 bits per heavy atom. The fourth-order valence-electron chi connectivity index (χ4n) is 3.79. The first kappa shape index (κ1) is 18.5. The summed E-state index contributed by atoms with van der Waals surface area (Å²) in [6.45, 7) is 5.24. The van der Waals surface area contributed by atoms with Crippen molar-refractivity contribution in [3.8, 4) is 0 Å². The van der Waals surface area contributed by atoms with Crippen molar-refractivity contribution >= 4 is 11.7 Å². The third-order valence-electron chi connectivity index (χ3n) is 5.12. The molecule has 0 unspecified atom stereocenters. The molecule has 6 nitrogen and oxygen atoms in total. The van der Waals surface area contributed by atoms with E-state index >= 15 is 0 Å². The molecule has 2 aliphatic rings. The SMILES string of the molecule is Cc1cc(C)cc(C2=NOC3(CCOCC3)N2NC(=O)Cc2ccccc2)c1. The molecule has 0 atom stereocenters. The maximum atomic E-state index is 12.8. The van der Waals surface area contributed by atoms with E-state index in [2.05, 4.69) is 42.6 Å². The maximum absolute atomic E-state index is 12.8. The van der Waals surface area contributed by atoms with Gasteiger partial charge in [-0.1, -0.05) is 52.7 Å². The number of hydrogen-bond donors (Lipinski definition) is 1. The minimum Gasteiger partial charge on any atom is -0.381 e. The fraction of sp³-hybridized carbons (Fsp3) is 0.364. The quantitative estimate of drug-likeness (QED) is 0.887. The zero-order valence-electron chi connectivity index (χ0n) is 16.3. The van der Waals surface area contributed by atoms with Crippen LogP contribution in [0.15, 0.2) is 53.7 Å². The van der Waals surface area contributed by atoms with Crippen LogP contribution in [0.4, 0.5) is 0 Å². The summed E-state index contributed by atoms with van der Waals surface area (Å²) in [5.74, 6) is 0.537. The number of amides is 1. The number of nitrogens with zero attached hydrogens (tertiary/aromatic N) is 2. The van der Waals surface area contributed by atoms with Crippen molar-refractivity contribution in [3.63, 3.8) is 0 Å². The van der Waals surface area contributed by atoms with E-state index in [-0.39, 0.29) is 5.91 Å². The summed E-state index contributed by atoms with van der Waals surface area (Å²) in [5, 5.41) is 6.19. The molecule has 1 spiro atoms. The zero-order chi connectivity index (χ0) is 19.6. The highest BCUT2D eigenvalue weighted by Crippen LogP contribution is 2.35. The van der Waals surface area contributed by atoms with Crippen molar-refractivity contribution in [1.29, 1.82) is 0 Å². The van der Waals surface area contributed by atoms with Crippen LogP contribution in [0.1, 0.15) is 35.1 Å². The molecule has 4 rings (SSSR count). The molecule has 2 aromatic carbocycles. The van der Waals surface area contributed by atoms with E-state index < -0.39 is 5.72 Å². The van der Waals surface area contributed by atoms with Gasteiger partial charge in [0.2, 0.25) is 11.6 Å². The molecule has 0 bridgehead atoms. The molecule has 2 heterocycles. The van der Waals surface area contributed by atoms with Crippen LogP contribution in [0, 0.1) is 13.8 Å². The van der Waals surface area contributed by atoms with Gasteiger partial charge in [0, 0.05) is 18.4 Å². The lowest BCUT2D eigenvalue weighted by atomic mass is 10.0. The van der Waals surface area contributed by atoms with E-state index in [1.807, 2.05) is 35.3 Å². The van der Waals surface area contributed by atoms with Gasteiger partial charge in [-0.25, -0.2) is 5.01 Å². The molecule has 1 fully saturated rings. The number of ether oxygens (including phenoxy) is 1. The standard InChI is InChI=1S/C22H25N3O3/c1-16-12-17(2)14-19(13-16)21-24-28-22(8-10-27-11-9-22)25(21)23-20(26)15-18-6-4-3-5-7-18/h3-7,12-14H,8-11,15H2,1-2H3,(H,23,26). The summed E-state index contributed by atoms with van der Waals surface area (Å²) in [6.07, 6.45) is 1.57. The lowest BCUT2D eigenvalue weighted by Crippen LogP contribution is -2.59. The van der Waals surface area contributed by atoms with Crippen molar-refractivity contribution in [1.82, 2.24) is 10.4 Å². The summed E-state index contributed by atoms with van der Waals surface area (Å²) >= 11 is 0. The van der Waals surface area contributed by atoms with Crippen molar-refractivity contribution in [2.45, 2.75) is 38.8 Å². The number of nitrogens with one attached hydrogen (secondary N) is 1. The first-order valence-corrected chi connectivity index (χ1v) is 9.62. The molecule has 1 amide bonds. The van der Waals surface area contributed by atoms with Crippen LogP contribution in [-0.2, 0) is 20.8 Å². The number of hydrazine groups is 1.